The topological polar surface area (TPSA) is 179 Å². The average molecular weight is 703 g/mol. The van der Waals surface area contributed by atoms with Crippen LogP contribution in [-0.4, -0.2) is 116 Å². The second kappa shape index (κ2) is 25.1. The number of carbonyl (C=O) groups excluding carboxylic acids is 6. The van der Waals surface area contributed by atoms with Crippen LogP contribution in [0.3, 0.4) is 0 Å². The van der Waals surface area contributed by atoms with Crippen LogP contribution in [0.5, 0.6) is 0 Å². The first kappa shape index (κ1) is 43.1. The molecule has 48 heavy (non-hydrogen) atoms. The van der Waals surface area contributed by atoms with Gasteiger partial charge in [0.1, 0.15) is 24.2 Å². The van der Waals surface area contributed by atoms with Gasteiger partial charge in [0.2, 0.25) is 17.7 Å². The maximum Gasteiger partial charge on any atom is 0.303 e. The Hall–Kier alpha value is -2.91. The molecule has 3 amide bonds. The van der Waals surface area contributed by atoms with Crippen molar-refractivity contribution in [2.45, 2.75) is 128 Å². The molecule has 1 aliphatic heterocycles. The fourth-order valence-corrected chi connectivity index (χ4v) is 6.49. The highest BCUT2D eigenvalue weighted by Crippen LogP contribution is 2.33. The van der Waals surface area contributed by atoms with Crippen molar-refractivity contribution in [1.82, 2.24) is 20.9 Å². The van der Waals surface area contributed by atoms with E-state index in [-0.39, 0.29) is 24.3 Å². The molecule has 0 radical (unpaired) electrons. The lowest BCUT2D eigenvalue weighted by molar-refractivity contribution is -0.211. The SMILES string of the molecule is CNCCCCCC(=O)NCCCCCC(=O)N(C)CCCCCS[C@@H]1OC(COC(C)=O)[C@H](OC(C)=O)[C@@H](OC(C)=O)C1NC(C)=O. The van der Waals surface area contributed by atoms with Gasteiger partial charge in [0.05, 0.1) is 0 Å². The second-order valence-electron chi connectivity index (χ2n) is 12.0. The van der Waals surface area contributed by atoms with Gasteiger partial charge in [0.15, 0.2) is 12.2 Å². The molecule has 0 aliphatic carbocycles. The Kier molecular flexibility index (Phi) is 22.6. The van der Waals surface area contributed by atoms with Gasteiger partial charge in [-0.1, -0.05) is 19.3 Å². The van der Waals surface area contributed by atoms with Crippen molar-refractivity contribution in [3.8, 4) is 0 Å². The smallest absolute Gasteiger partial charge is 0.303 e. The first-order valence-corrected chi connectivity index (χ1v) is 18.1. The van der Waals surface area contributed by atoms with E-state index in [1.165, 1.54) is 39.5 Å². The van der Waals surface area contributed by atoms with Crippen LogP contribution in [0.15, 0.2) is 0 Å². The van der Waals surface area contributed by atoms with Gasteiger partial charge in [-0.3, -0.25) is 28.8 Å². The Balaban J connectivity index is 2.48. The molecular weight excluding hydrogens is 644 g/mol. The van der Waals surface area contributed by atoms with Gasteiger partial charge >= 0.3 is 17.9 Å². The van der Waals surface area contributed by atoms with E-state index < -0.39 is 47.7 Å². The average Bonchev–Trinajstić information content (AvgIpc) is 3.01. The molecule has 15 heteroatoms. The normalized spacial score (nSPS) is 20.3. The van der Waals surface area contributed by atoms with Crippen LogP contribution in [0, 0.1) is 0 Å². The fraction of sp³-hybridized carbons (Fsp3) is 0.818. The molecule has 1 saturated heterocycles. The summed E-state index contributed by atoms with van der Waals surface area (Å²) in [7, 11) is 3.73. The predicted molar refractivity (Wildman–Crippen MR) is 182 cm³/mol. The first-order chi connectivity index (χ1) is 22.8. The van der Waals surface area contributed by atoms with E-state index >= 15 is 0 Å². The molecule has 14 nitrogen and oxygen atoms in total. The number of hydrogen-bond acceptors (Lipinski definition) is 12. The summed E-state index contributed by atoms with van der Waals surface area (Å²) in [5, 5.41) is 8.83. The minimum absolute atomic E-state index is 0.0926. The van der Waals surface area contributed by atoms with E-state index in [2.05, 4.69) is 16.0 Å². The summed E-state index contributed by atoms with van der Waals surface area (Å²) in [6.07, 6.45) is 5.91. The summed E-state index contributed by atoms with van der Waals surface area (Å²) >= 11 is 1.41. The Bertz CT molecular complexity index is 1020. The third-order valence-electron chi connectivity index (χ3n) is 7.64. The number of esters is 3. The zero-order valence-corrected chi connectivity index (χ0v) is 30.5. The highest BCUT2D eigenvalue weighted by atomic mass is 32.2. The molecular formula is C33H58N4O10S. The molecule has 3 N–H and O–H groups in total. The van der Waals surface area contributed by atoms with Crippen LogP contribution >= 0.6 is 11.8 Å². The standard InChI is InChI=1S/C33H58N4O10S/c1-23(38)36-30-32(46-26(4)41)31(45-25(3)40)27(22-44-24(2)39)47-33(30)48-21-15-9-14-20-37(6)29(43)17-11-8-13-19-35-28(42)16-10-7-12-18-34-5/h27,30-34H,7-22H2,1-6H3,(H,35,42)(H,36,38)/t27?,30?,31-,32-,33-/m0/s1. The van der Waals surface area contributed by atoms with E-state index in [1.54, 1.807) is 11.9 Å². The number of nitrogens with zero attached hydrogens (tertiary/aromatic N) is 1. The summed E-state index contributed by atoms with van der Waals surface area (Å²) in [4.78, 5) is 73.7. The molecule has 0 aromatic heterocycles. The van der Waals surface area contributed by atoms with Crippen molar-refractivity contribution in [3.63, 3.8) is 0 Å². The molecule has 0 aromatic rings. The number of thioether (sulfide) groups is 1. The number of hydrogen-bond donors (Lipinski definition) is 3. The zero-order chi connectivity index (χ0) is 35.9. The van der Waals surface area contributed by atoms with Gasteiger partial charge in [-0.2, -0.15) is 0 Å². The van der Waals surface area contributed by atoms with Crippen molar-refractivity contribution in [3.05, 3.63) is 0 Å². The molecule has 0 saturated carbocycles. The quantitative estimate of drug-likeness (QED) is 0.0762. The second-order valence-corrected chi connectivity index (χ2v) is 13.2. The molecule has 276 valence electrons. The van der Waals surface area contributed by atoms with Gasteiger partial charge < -0.3 is 39.8 Å². The molecule has 0 aromatic carbocycles. The van der Waals surface area contributed by atoms with E-state index in [1.807, 2.05) is 7.05 Å². The summed E-state index contributed by atoms with van der Waals surface area (Å²) in [6.45, 7) is 6.99. The highest BCUT2D eigenvalue weighted by Gasteiger charge is 2.50. The largest absolute Gasteiger partial charge is 0.463 e. The lowest BCUT2D eigenvalue weighted by Gasteiger charge is -2.45. The van der Waals surface area contributed by atoms with E-state index in [4.69, 9.17) is 18.9 Å². The number of rotatable bonds is 24. The minimum Gasteiger partial charge on any atom is -0.463 e. The van der Waals surface area contributed by atoms with E-state index in [9.17, 15) is 28.8 Å². The van der Waals surface area contributed by atoms with E-state index in [0.29, 0.717) is 31.7 Å². The Morgan fingerprint density at radius 1 is 0.750 bits per heavy atom. The van der Waals surface area contributed by atoms with Crippen molar-refractivity contribution in [1.29, 1.82) is 0 Å². The molecule has 0 spiro atoms. The summed E-state index contributed by atoms with van der Waals surface area (Å²) in [5.74, 6) is -1.38. The number of unbranched alkanes of at least 4 members (excludes halogenated alkanes) is 6. The monoisotopic (exact) mass is 702 g/mol. The van der Waals surface area contributed by atoms with Gasteiger partial charge in [-0.15, -0.1) is 11.8 Å². The van der Waals surface area contributed by atoms with Crippen molar-refractivity contribution >= 4 is 47.4 Å². The minimum atomic E-state index is -1.11. The molecule has 5 atom stereocenters. The maximum atomic E-state index is 12.6. The van der Waals surface area contributed by atoms with Crippen LogP contribution in [-0.2, 0) is 47.7 Å². The molecule has 2 unspecified atom stereocenters. The summed E-state index contributed by atoms with van der Waals surface area (Å²) in [5.41, 5.74) is -0.684. The zero-order valence-electron chi connectivity index (χ0n) is 29.6. The van der Waals surface area contributed by atoms with Crippen LogP contribution in [0.4, 0.5) is 0 Å². The van der Waals surface area contributed by atoms with E-state index in [0.717, 1.165) is 64.3 Å². The first-order valence-electron chi connectivity index (χ1n) is 17.0. The Morgan fingerprint density at radius 3 is 2.00 bits per heavy atom. The Labute approximate surface area is 289 Å². The third kappa shape index (κ3) is 19.2. The number of nitrogens with one attached hydrogen (secondary N) is 3. The molecule has 1 rings (SSSR count). The van der Waals surface area contributed by atoms with Crippen LogP contribution in [0.25, 0.3) is 0 Å². The lowest BCUT2D eigenvalue weighted by atomic mass is 9.97. The van der Waals surface area contributed by atoms with Crippen molar-refractivity contribution in [2.75, 3.05) is 46.1 Å². The van der Waals surface area contributed by atoms with Crippen LogP contribution in [0.2, 0.25) is 0 Å². The van der Waals surface area contributed by atoms with Crippen molar-refractivity contribution < 1.29 is 47.7 Å². The maximum absolute atomic E-state index is 12.6. The number of ether oxygens (including phenoxy) is 4. The number of amides is 3. The lowest BCUT2D eigenvalue weighted by Crippen LogP contribution is -2.65. The third-order valence-corrected chi connectivity index (χ3v) is 8.89. The summed E-state index contributed by atoms with van der Waals surface area (Å²) < 4.78 is 22.3. The molecule has 0 bridgehead atoms. The van der Waals surface area contributed by atoms with Crippen LogP contribution in [0.1, 0.15) is 98.3 Å². The Morgan fingerprint density at radius 2 is 1.38 bits per heavy atom. The highest BCUT2D eigenvalue weighted by molar-refractivity contribution is 7.99. The predicted octanol–water partition coefficient (Wildman–Crippen LogP) is 2.46. The van der Waals surface area contributed by atoms with Gasteiger partial charge in [-0.05, 0) is 57.9 Å². The molecule has 1 aliphatic rings. The fourth-order valence-electron chi connectivity index (χ4n) is 5.23. The summed E-state index contributed by atoms with van der Waals surface area (Å²) in [6, 6.07) is -0.826. The molecule has 1 fully saturated rings. The van der Waals surface area contributed by atoms with Gasteiger partial charge in [0, 0.05) is 60.7 Å². The number of carbonyl (C=O) groups is 6. The van der Waals surface area contributed by atoms with Gasteiger partial charge in [-0.25, -0.2) is 0 Å². The van der Waals surface area contributed by atoms with Crippen molar-refractivity contribution in [2.24, 2.45) is 0 Å². The van der Waals surface area contributed by atoms with Gasteiger partial charge in [0.25, 0.3) is 0 Å². The van der Waals surface area contributed by atoms with Crippen LogP contribution < -0.4 is 16.0 Å². The molecule has 1 heterocycles.